The Balaban J connectivity index is 1.97. The molecular weight excluding hydrogens is 309 g/mol. The number of hydrogen-bond donors (Lipinski definition) is 1. The quantitative estimate of drug-likeness (QED) is 0.473. The summed E-state index contributed by atoms with van der Waals surface area (Å²) in [5.41, 5.74) is 3.76. The Labute approximate surface area is 141 Å². The van der Waals surface area contributed by atoms with Crippen molar-refractivity contribution in [2.75, 3.05) is 36.6 Å². The lowest BCUT2D eigenvalue weighted by molar-refractivity contribution is 0.122. The Bertz CT molecular complexity index is 636. The minimum Gasteiger partial charge on any atom is -0.378 e. The summed E-state index contributed by atoms with van der Waals surface area (Å²) in [6.45, 7) is 8.04. The van der Waals surface area contributed by atoms with Crippen molar-refractivity contribution in [2.24, 2.45) is 5.10 Å². The highest BCUT2D eigenvalue weighted by atomic mass is 19.1. The lowest BCUT2D eigenvalue weighted by Crippen LogP contribution is -2.37. The second kappa shape index (κ2) is 9.57. The molecule has 0 aromatic carbocycles. The van der Waals surface area contributed by atoms with Crippen LogP contribution in [0.25, 0.3) is 0 Å². The zero-order valence-electron chi connectivity index (χ0n) is 13.8. The summed E-state index contributed by atoms with van der Waals surface area (Å²) in [5, 5.41) is 4.07. The maximum Gasteiger partial charge on any atom is 0.245 e. The molecule has 0 atom stereocenters. The molecule has 128 valence electrons. The number of hydrazone groups is 1. The molecule has 0 amide bonds. The number of halogens is 1. The van der Waals surface area contributed by atoms with Gasteiger partial charge in [-0.2, -0.15) is 10.1 Å². The molecule has 0 unspecified atom stereocenters. The van der Waals surface area contributed by atoms with Gasteiger partial charge in [0.25, 0.3) is 0 Å². The van der Waals surface area contributed by atoms with Gasteiger partial charge in [-0.05, 0) is 12.5 Å². The SMILES string of the molecule is C=C/C(=C\C=C/C)C/C=N/Nc1ncc(F)c(N2CCOCC2)n1. The van der Waals surface area contributed by atoms with Crippen LogP contribution in [-0.2, 0) is 4.74 Å². The topological polar surface area (TPSA) is 62.6 Å². The fraction of sp³-hybridized carbons (Fsp3) is 0.353. The third-order valence-corrected chi connectivity index (χ3v) is 3.38. The Hall–Kier alpha value is -2.54. The number of hydrogen-bond acceptors (Lipinski definition) is 6. The molecule has 1 fully saturated rings. The van der Waals surface area contributed by atoms with Gasteiger partial charge in [0.05, 0.1) is 19.4 Å². The number of nitrogens with zero attached hydrogens (tertiary/aromatic N) is 4. The Morgan fingerprint density at radius 1 is 1.50 bits per heavy atom. The largest absolute Gasteiger partial charge is 0.378 e. The van der Waals surface area contributed by atoms with Crippen molar-refractivity contribution in [1.29, 1.82) is 0 Å². The Morgan fingerprint density at radius 3 is 3.00 bits per heavy atom. The molecule has 0 bridgehead atoms. The molecule has 1 aromatic rings. The normalized spacial score (nSPS) is 16.1. The molecule has 0 spiro atoms. The Kier molecular flexibility index (Phi) is 7.10. The van der Waals surface area contributed by atoms with Gasteiger partial charge in [0.2, 0.25) is 5.95 Å². The predicted molar refractivity (Wildman–Crippen MR) is 94.8 cm³/mol. The van der Waals surface area contributed by atoms with Gasteiger partial charge in [-0.15, -0.1) is 0 Å². The molecule has 1 aliphatic heterocycles. The highest BCUT2D eigenvalue weighted by Crippen LogP contribution is 2.18. The monoisotopic (exact) mass is 331 g/mol. The third kappa shape index (κ3) is 5.27. The highest BCUT2D eigenvalue weighted by molar-refractivity contribution is 5.63. The van der Waals surface area contributed by atoms with Gasteiger partial charge >= 0.3 is 0 Å². The van der Waals surface area contributed by atoms with E-state index in [1.165, 1.54) is 0 Å². The van der Waals surface area contributed by atoms with Gasteiger partial charge < -0.3 is 9.64 Å². The van der Waals surface area contributed by atoms with Gasteiger partial charge in [-0.25, -0.2) is 14.8 Å². The fourth-order valence-corrected chi connectivity index (χ4v) is 2.10. The van der Waals surface area contributed by atoms with Crippen LogP contribution in [0, 0.1) is 5.82 Å². The second-order valence-corrected chi connectivity index (χ2v) is 5.06. The average molecular weight is 331 g/mol. The van der Waals surface area contributed by atoms with Crippen LogP contribution in [0.5, 0.6) is 0 Å². The van der Waals surface area contributed by atoms with E-state index in [0.717, 1.165) is 11.8 Å². The van der Waals surface area contributed by atoms with E-state index in [9.17, 15) is 4.39 Å². The first kappa shape index (κ1) is 17.8. The molecular formula is C17H22FN5O. The molecule has 1 aromatic heterocycles. The van der Waals surface area contributed by atoms with Crippen LogP contribution < -0.4 is 10.3 Å². The van der Waals surface area contributed by atoms with Crippen molar-refractivity contribution in [3.8, 4) is 0 Å². The van der Waals surface area contributed by atoms with Crippen molar-refractivity contribution in [2.45, 2.75) is 13.3 Å². The zero-order chi connectivity index (χ0) is 17.2. The first-order valence-corrected chi connectivity index (χ1v) is 7.81. The molecule has 2 heterocycles. The fourth-order valence-electron chi connectivity index (χ4n) is 2.10. The maximum atomic E-state index is 13.9. The van der Waals surface area contributed by atoms with Crippen LogP contribution >= 0.6 is 0 Å². The number of morpholine rings is 1. The van der Waals surface area contributed by atoms with Crippen LogP contribution in [0.15, 0.2) is 47.8 Å². The van der Waals surface area contributed by atoms with Crippen LogP contribution in [0.2, 0.25) is 0 Å². The van der Waals surface area contributed by atoms with E-state index in [2.05, 4.69) is 27.1 Å². The van der Waals surface area contributed by atoms with E-state index in [1.807, 2.05) is 30.1 Å². The molecule has 1 N–H and O–H groups in total. The van der Waals surface area contributed by atoms with Crippen LogP contribution in [0.1, 0.15) is 13.3 Å². The van der Waals surface area contributed by atoms with E-state index in [1.54, 1.807) is 12.3 Å². The van der Waals surface area contributed by atoms with Gasteiger partial charge in [0, 0.05) is 25.7 Å². The maximum absolute atomic E-state index is 13.9. The average Bonchev–Trinajstić information content (AvgIpc) is 2.63. The number of anilines is 2. The molecule has 7 heteroatoms. The smallest absolute Gasteiger partial charge is 0.245 e. The van der Waals surface area contributed by atoms with Crippen molar-refractivity contribution in [3.63, 3.8) is 0 Å². The van der Waals surface area contributed by atoms with Gasteiger partial charge in [-0.3, -0.25) is 0 Å². The van der Waals surface area contributed by atoms with Gasteiger partial charge in [-0.1, -0.05) is 30.9 Å². The van der Waals surface area contributed by atoms with E-state index < -0.39 is 5.82 Å². The zero-order valence-corrected chi connectivity index (χ0v) is 13.8. The Morgan fingerprint density at radius 2 is 2.29 bits per heavy atom. The summed E-state index contributed by atoms with van der Waals surface area (Å²) in [7, 11) is 0. The van der Waals surface area contributed by atoms with E-state index >= 15 is 0 Å². The molecule has 0 aliphatic carbocycles. The lowest BCUT2D eigenvalue weighted by atomic mass is 10.2. The summed E-state index contributed by atoms with van der Waals surface area (Å²) in [4.78, 5) is 9.94. The molecule has 1 saturated heterocycles. The van der Waals surface area contributed by atoms with Crippen molar-refractivity contribution < 1.29 is 9.13 Å². The van der Waals surface area contributed by atoms with Crippen molar-refractivity contribution in [3.05, 3.63) is 48.5 Å². The number of rotatable bonds is 7. The predicted octanol–water partition coefficient (Wildman–Crippen LogP) is 2.93. The van der Waals surface area contributed by atoms with E-state index in [0.29, 0.717) is 32.7 Å². The summed E-state index contributed by atoms with van der Waals surface area (Å²) < 4.78 is 19.2. The molecule has 24 heavy (non-hydrogen) atoms. The van der Waals surface area contributed by atoms with E-state index in [-0.39, 0.29) is 11.8 Å². The first-order chi connectivity index (χ1) is 11.7. The molecule has 0 radical (unpaired) electrons. The standard InChI is InChI=1S/C17H22FN5O/c1-3-5-6-14(4-2)7-8-20-22-17-19-13-15(18)16(21-17)23-9-11-24-12-10-23/h3-6,8,13H,2,7,9-12H2,1H3,(H,19,21,22)/b5-3-,14-6+,20-8+. The molecule has 1 aliphatic rings. The summed E-state index contributed by atoms with van der Waals surface area (Å²) in [6.07, 6.45) is 11.1. The van der Waals surface area contributed by atoms with Crippen LogP contribution in [-0.4, -0.2) is 42.5 Å². The number of nitrogens with one attached hydrogen (secondary N) is 1. The summed E-state index contributed by atoms with van der Waals surface area (Å²) in [6, 6.07) is 0. The number of allylic oxidation sites excluding steroid dienone is 5. The van der Waals surface area contributed by atoms with Crippen LogP contribution in [0.4, 0.5) is 16.2 Å². The van der Waals surface area contributed by atoms with Gasteiger partial charge in [0.1, 0.15) is 0 Å². The van der Waals surface area contributed by atoms with E-state index in [4.69, 9.17) is 4.74 Å². The van der Waals surface area contributed by atoms with Crippen molar-refractivity contribution in [1.82, 2.24) is 9.97 Å². The molecule has 0 saturated carbocycles. The highest BCUT2D eigenvalue weighted by Gasteiger charge is 2.17. The van der Waals surface area contributed by atoms with Gasteiger partial charge in [0.15, 0.2) is 11.6 Å². The number of aromatic nitrogens is 2. The first-order valence-electron chi connectivity index (χ1n) is 7.81. The van der Waals surface area contributed by atoms with Crippen molar-refractivity contribution >= 4 is 18.0 Å². The number of ether oxygens (including phenoxy) is 1. The molecule has 2 rings (SSSR count). The van der Waals surface area contributed by atoms with Crippen LogP contribution in [0.3, 0.4) is 0 Å². The summed E-state index contributed by atoms with van der Waals surface area (Å²) >= 11 is 0. The second-order valence-electron chi connectivity index (χ2n) is 5.06. The molecule has 6 nitrogen and oxygen atoms in total. The lowest BCUT2D eigenvalue weighted by Gasteiger charge is -2.27. The minimum atomic E-state index is -0.449. The summed E-state index contributed by atoms with van der Waals surface area (Å²) in [5.74, 6) is 0.0761. The third-order valence-electron chi connectivity index (χ3n) is 3.38. The minimum absolute atomic E-state index is 0.256.